The average Bonchev–Trinajstić information content (AvgIpc) is 3.37. The standard InChI is InChI=1S/C65H123NO5/c1-3-5-7-9-11-13-15-17-19-20-21-24-27-30-33-37-41-45-49-53-57-63(68)62(61-67)66-64(69)58-54-50-46-42-38-34-31-28-25-22-23-26-29-32-36-40-44-48-52-56-60-71-65(70)59-55-51-47-43-39-35-18-16-14-12-10-8-6-4-2/h16,18,22,25,53,57,62-63,67-68H,3-15,17,19-21,23-24,26-52,54-56,58-61H2,1-2H3,(H,66,69)/b18-16-,25-22-,57-53+. The van der Waals surface area contributed by atoms with Gasteiger partial charge >= 0.3 is 5.97 Å². The summed E-state index contributed by atoms with van der Waals surface area (Å²) in [7, 11) is 0. The van der Waals surface area contributed by atoms with Crippen molar-refractivity contribution in [2.24, 2.45) is 0 Å². The van der Waals surface area contributed by atoms with Crippen LogP contribution >= 0.6 is 0 Å². The van der Waals surface area contributed by atoms with Crippen LogP contribution in [0.4, 0.5) is 0 Å². The van der Waals surface area contributed by atoms with E-state index in [0.717, 1.165) is 51.4 Å². The molecule has 2 atom stereocenters. The molecule has 0 aromatic rings. The maximum absolute atomic E-state index is 12.5. The summed E-state index contributed by atoms with van der Waals surface area (Å²) in [5, 5.41) is 23.2. The van der Waals surface area contributed by atoms with Crippen LogP contribution in [0.1, 0.15) is 341 Å². The van der Waals surface area contributed by atoms with Crippen LogP contribution in [-0.2, 0) is 14.3 Å². The number of carbonyl (C=O) groups excluding carboxylic acids is 2. The zero-order chi connectivity index (χ0) is 51.4. The highest BCUT2D eigenvalue weighted by Gasteiger charge is 2.18. The van der Waals surface area contributed by atoms with Crippen LogP contribution in [0.5, 0.6) is 0 Å². The van der Waals surface area contributed by atoms with Crippen molar-refractivity contribution >= 4 is 11.9 Å². The Hall–Kier alpha value is -1.92. The van der Waals surface area contributed by atoms with Gasteiger partial charge in [-0.2, -0.15) is 0 Å². The quantitative estimate of drug-likeness (QED) is 0.0321. The molecular formula is C65H123NO5. The number of allylic oxidation sites excluding steroid dienone is 5. The predicted octanol–water partition coefficient (Wildman–Crippen LogP) is 20.0. The van der Waals surface area contributed by atoms with Crippen LogP contribution < -0.4 is 5.32 Å². The lowest BCUT2D eigenvalue weighted by Gasteiger charge is -2.20. The molecule has 3 N–H and O–H groups in total. The van der Waals surface area contributed by atoms with Crippen molar-refractivity contribution in [1.29, 1.82) is 0 Å². The van der Waals surface area contributed by atoms with Gasteiger partial charge < -0.3 is 20.3 Å². The number of carbonyl (C=O) groups is 2. The van der Waals surface area contributed by atoms with Crippen LogP contribution in [0, 0.1) is 0 Å². The maximum Gasteiger partial charge on any atom is 0.305 e. The smallest absolute Gasteiger partial charge is 0.305 e. The summed E-state index contributed by atoms with van der Waals surface area (Å²) in [5.74, 6) is -0.0772. The molecule has 6 heteroatoms. The minimum absolute atomic E-state index is 0.00282. The number of unbranched alkanes of at least 4 members (excludes halogenated alkanes) is 44. The molecule has 0 aromatic carbocycles. The van der Waals surface area contributed by atoms with E-state index in [2.05, 4.69) is 43.5 Å². The molecule has 0 heterocycles. The highest BCUT2D eigenvalue weighted by Crippen LogP contribution is 2.17. The number of hydrogen-bond acceptors (Lipinski definition) is 5. The molecular weight excluding hydrogens is 875 g/mol. The van der Waals surface area contributed by atoms with Crippen LogP contribution in [0.2, 0.25) is 0 Å². The van der Waals surface area contributed by atoms with Gasteiger partial charge in [-0.15, -0.1) is 0 Å². The van der Waals surface area contributed by atoms with E-state index in [4.69, 9.17) is 4.74 Å². The van der Waals surface area contributed by atoms with Crippen molar-refractivity contribution < 1.29 is 24.5 Å². The van der Waals surface area contributed by atoms with Gasteiger partial charge in [0.05, 0.1) is 25.4 Å². The summed E-state index contributed by atoms with van der Waals surface area (Å²) in [6, 6.07) is -0.635. The van der Waals surface area contributed by atoms with Crippen molar-refractivity contribution in [2.75, 3.05) is 13.2 Å². The largest absolute Gasteiger partial charge is 0.466 e. The average molecular weight is 999 g/mol. The zero-order valence-corrected chi connectivity index (χ0v) is 47.7. The van der Waals surface area contributed by atoms with Crippen LogP contribution in [-0.4, -0.2) is 47.4 Å². The van der Waals surface area contributed by atoms with E-state index in [-0.39, 0.29) is 18.5 Å². The van der Waals surface area contributed by atoms with E-state index < -0.39 is 12.1 Å². The van der Waals surface area contributed by atoms with Gasteiger partial charge in [-0.3, -0.25) is 9.59 Å². The third kappa shape index (κ3) is 57.2. The van der Waals surface area contributed by atoms with E-state index in [9.17, 15) is 19.8 Å². The fourth-order valence-corrected chi connectivity index (χ4v) is 9.74. The van der Waals surface area contributed by atoms with Gasteiger partial charge in [0.25, 0.3) is 0 Å². The van der Waals surface area contributed by atoms with Crippen molar-refractivity contribution in [3.8, 4) is 0 Å². The Morgan fingerprint density at radius 3 is 1.00 bits per heavy atom. The van der Waals surface area contributed by atoms with Crippen LogP contribution in [0.3, 0.4) is 0 Å². The third-order valence-corrected chi connectivity index (χ3v) is 14.6. The first-order chi connectivity index (χ1) is 35.0. The van der Waals surface area contributed by atoms with E-state index in [1.165, 1.54) is 263 Å². The fourth-order valence-electron chi connectivity index (χ4n) is 9.74. The normalized spacial score (nSPS) is 12.8. The van der Waals surface area contributed by atoms with Gasteiger partial charge in [-0.25, -0.2) is 0 Å². The molecule has 0 aromatic heterocycles. The highest BCUT2D eigenvalue weighted by molar-refractivity contribution is 5.76. The molecule has 6 nitrogen and oxygen atoms in total. The summed E-state index contributed by atoms with van der Waals surface area (Å²) < 4.78 is 5.47. The van der Waals surface area contributed by atoms with Gasteiger partial charge in [0.2, 0.25) is 5.91 Å². The Morgan fingerprint density at radius 1 is 0.380 bits per heavy atom. The molecule has 0 saturated carbocycles. The lowest BCUT2D eigenvalue weighted by atomic mass is 10.0. The Balaban J connectivity index is 3.47. The zero-order valence-electron chi connectivity index (χ0n) is 47.7. The maximum atomic E-state index is 12.5. The van der Waals surface area contributed by atoms with Crippen molar-refractivity contribution in [2.45, 2.75) is 353 Å². The van der Waals surface area contributed by atoms with Gasteiger partial charge in [-0.1, -0.05) is 281 Å². The molecule has 0 aliphatic rings. The summed E-state index contributed by atoms with van der Waals surface area (Å²) in [6.45, 7) is 4.90. The first kappa shape index (κ1) is 69.1. The van der Waals surface area contributed by atoms with Crippen LogP contribution in [0.15, 0.2) is 36.5 Å². The number of hydrogen-bond donors (Lipinski definition) is 3. The van der Waals surface area contributed by atoms with Gasteiger partial charge in [0.1, 0.15) is 0 Å². The Morgan fingerprint density at radius 2 is 0.662 bits per heavy atom. The van der Waals surface area contributed by atoms with Gasteiger partial charge in [0.15, 0.2) is 0 Å². The summed E-state index contributed by atoms with van der Waals surface area (Å²) >= 11 is 0. The van der Waals surface area contributed by atoms with E-state index >= 15 is 0 Å². The first-order valence-electron chi connectivity index (χ1n) is 31.8. The number of amides is 1. The second-order valence-corrected chi connectivity index (χ2v) is 21.7. The molecule has 2 unspecified atom stereocenters. The molecule has 418 valence electrons. The Kier molecular flexibility index (Phi) is 59.0. The lowest BCUT2D eigenvalue weighted by Crippen LogP contribution is -2.45. The molecule has 0 aliphatic carbocycles. The first-order valence-corrected chi connectivity index (χ1v) is 31.8. The molecule has 0 saturated heterocycles. The van der Waals surface area contributed by atoms with Crippen LogP contribution in [0.25, 0.3) is 0 Å². The SMILES string of the molecule is CCCCCCC/C=C\CCCCCCCC(=O)OCCCCCCCCCCC/C=C\CCCCCCCCCC(=O)NC(CO)C(O)/C=C/CCCCCCCCCCCCCCCCCCCC. The molecule has 0 radical (unpaired) electrons. The minimum Gasteiger partial charge on any atom is -0.466 e. The van der Waals surface area contributed by atoms with Gasteiger partial charge in [-0.05, 0) is 83.5 Å². The lowest BCUT2D eigenvalue weighted by molar-refractivity contribution is -0.143. The van der Waals surface area contributed by atoms with Gasteiger partial charge in [0, 0.05) is 12.8 Å². The van der Waals surface area contributed by atoms with Crippen molar-refractivity contribution in [3.63, 3.8) is 0 Å². The highest BCUT2D eigenvalue weighted by atomic mass is 16.5. The third-order valence-electron chi connectivity index (χ3n) is 14.6. The molecule has 0 aliphatic heterocycles. The Bertz CT molecular complexity index is 1150. The number of rotatable bonds is 59. The monoisotopic (exact) mass is 998 g/mol. The van der Waals surface area contributed by atoms with Crippen molar-refractivity contribution in [3.05, 3.63) is 36.5 Å². The topological polar surface area (TPSA) is 95.9 Å². The molecule has 1 amide bonds. The molecule has 0 fully saturated rings. The number of ether oxygens (including phenoxy) is 1. The number of nitrogens with one attached hydrogen (secondary N) is 1. The van der Waals surface area contributed by atoms with Crippen molar-refractivity contribution in [1.82, 2.24) is 5.32 Å². The number of aliphatic hydroxyl groups excluding tert-OH is 2. The van der Waals surface area contributed by atoms with E-state index in [0.29, 0.717) is 19.4 Å². The molecule has 0 rings (SSSR count). The molecule has 71 heavy (non-hydrogen) atoms. The Labute approximate surface area is 443 Å². The second-order valence-electron chi connectivity index (χ2n) is 21.7. The minimum atomic E-state index is -0.851. The van der Waals surface area contributed by atoms with E-state index in [1.807, 2.05) is 6.08 Å². The molecule has 0 bridgehead atoms. The summed E-state index contributed by atoms with van der Waals surface area (Å²) in [6.07, 6.45) is 76.1. The molecule has 0 spiro atoms. The predicted molar refractivity (Wildman–Crippen MR) is 310 cm³/mol. The number of aliphatic hydroxyl groups is 2. The summed E-state index contributed by atoms with van der Waals surface area (Å²) in [5.41, 5.74) is 0. The summed E-state index contributed by atoms with van der Waals surface area (Å²) in [4.78, 5) is 24.5. The second kappa shape index (κ2) is 60.6. The fraction of sp³-hybridized carbons (Fsp3) is 0.877. The number of esters is 1. The van der Waals surface area contributed by atoms with E-state index in [1.54, 1.807) is 6.08 Å².